The third kappa shape index (κ3) is 8.00. The molecule has 0 saturated heterocycles. The average Bonchev–Trinajstić information content (AvgIpc) is 4.03. The van der Waals surface area contributed by atoms with Crippen molar-refractivity contribution < 1.29 is 28.9 Å². The van der Waals surface area contributed by atoms with E-state index in [0.29, 0.717) is 0 Å². The van der Waals surface area contributed by atoms with E-state index in [9.17, 15) is 0 Å². The van der Waals surface area contributed by atoms with Crippen LogP contribution in [0.15, 0.2) is 173 Å². The van der Waals surface area contributed by atoms with Gasteiger partial charge in [-0.1, -0.05) is 132 Å². The van der Waals surface area contributed by atoms with Crippen molar-refractivity contribution in [2.45, 2.75) is 65.7 Å². The van der Waals surface area contributed by atoms with Crippen LogP contribution in [0, 0.1) is 12.1 Å². The van der Waals surface area contributed by atoms with E-state index >= 15 is 0 Å². The molecule has 4 heterocycles. The Morgan fingerprint density at radius 2 is 1.22 bits per heavy atom. The minimum Gasteiger partial charge on any atom is -0.501 e. The zero-order valence-electron chi connectivity index (χ0n) is 39.2. The summed E-state index contributed by atoms with van der Waals surface area (Å²) in [4.78, 5) is 14.3. The van der Waals surface area contributed by atoms with Crippen LogP contribution in [0.5, 0.6) is 0 Å². The minimum absolute atomic E-state index is 0. The van der Waals surface area contributed by atoms with E-state index in [1.165, 1.54) is 33.3 Å². The van der Waals surface area contributed by atoms with Gasteiger partial charge in [0.2, 0.25) is 0 Å². The third-order valence-corrected chi connectivity index (χ3v) is 12.8. The molecule has 0 amide bonds. The van der Waals surface area contributed by atoms with Crippen LogP contribution in [0.3, 0.4) is 0 Å². The van der Waals surface area contributed by atoms with E-state index in [4.69, 9.17) is 13.8 Å². The first-order valence-corrected chi connectivity index (χ1v) is 23.1. The Morgan fingerprint density at radius 3 is 1.93 bits per heavy atom. The summed E-state index contributed by atoms with van der Waals surface area (Å²) in [5.74, 6) is 2.06. The van der Waals surface area contributed by atoms with Gasteiger partial charge in [-0.25, -0.2) is 0 Å². The molecule has 1 radical (unpaired) electrons. The smallest absolute Gasteiger partial charge is 0.136 e. The molecule has 0 aliphatic rings. The van der Waals surface area contributed by atoms with Crippen LogP contribution in [0.2, 0.25) is 0 Å². The molecule has 0 atom stereocenters. The van der Waals surface area contributed by atoms with Gasteiger partial charge < -0.3 is 13.4 Å². The van der Waals surface area contributed by atoms with Crippen LogP contribution in [-0.2, 0) is 25.5 Å². The van der Waals surface area contributed by atoms with Gasteiger partial charge in [0.25, 0.3) is 0 Å². The monoisotopic (exact) mass is 1060 g/mol. The van der Waals surface area contributed by atoms with Crippen molar-refractivity contribution >= 4 is 65.7 Å². The van der Waals surface area contributed by atoms with Gasteiger partial charge in [0, 0.05) is 59.3 Å². The molecule has 6 nitrogen and oxygen atoms in total. The topological polar surface area (TPSA) is 69.9 Å². The van der Waals surface area contributed by atoms with Crippen LogP contribution in [0.4, 0.5) is 0 Å². The van der Waals surface area contributed by atoms with Crippen molar-refractivity contribution in [2.75, 3.05) is 0 Å². The standard InChI is InChI=1S/C47H35N2O2.C14H15N2.Ir/c1-27(2)36-21-32(29-13-6-5-7-14-29)22-37(28(3)4)45(36)49-41-24-31-16-9-8-15-30(31)23-40(41)48-47(49)35-19-12-18-34-39-26-43-38(25-44(39)51-46(34)35)33-17-10-11-20-42(33)50-43;1-14(2,3)12-9-10-15-13(16-12)11-7-5-4-6-8-11;/h5-18,20-28H,1-4H3;4-7,9-10H,1-3H3;/q2*-1;. The predicted molar refractivity (Wildman–Crippen MR) is 276 cm³/mol. The summed E-state index contributed by atoms with van der Waals surface area (Å²) in [5.41, 5.74) is 14.3. The molecule has 0 bridgehead atoms. The summed E-state index contributed by atoms with van der Waals surface area (Å²) in [6, 6.07) is 61.5. The number of rotatable bonds is 6. The van der Waals surface area contributed by atoms with Gasteiger partial charge in [0.15, 0.2) is 0 Å². The number of furan rings is 2. The summed E-state index contributed by atoms with van der Waals surface area (Å²) >= 11 is 0. The molecule has 0 unspecified atom stereocenters. The van der Waals surface area contributed by atoms with Gasteiger partial charge in [0.05, 0.1) is 28.3 Å². The van der Waals surface area contributed by atoms with Crippen molar-refractivity contribution in [3.05, 3.63) is 193 Å². The van der Waals surface area contributed by atoms with Crippen molar-refractivity contribution in [3.63, 3.8) is 0 Å². The fourth-order valence-electron chi connectivity index (χ4n) is 9.34. The maximum atomic E-state index is 6.83. The number of nitrogens with zero attached hydrogens (tertiary/aromatic N) is 4. The number of benzene rings is 8. The molecule has 8 aromatic carbocycles. The van der Waals surface area contributed by atoms with Crippen LogP contribution in [-0.4, -0.2) is 19.5 Å². The number of hydrogen-bond donors (Lipinski definition) is 0. The summed E-state index contributed by atoms with van der Waals surface area (Å²) in [6.07, 6.45) is 1.81. The Balaban J connectivity index is 0.000000270. The molecular formula is C61H50IrN4O2-2. The van der Waals surface area contributed by atoms with E-state index in [1.807, 2.05) is 60.8 Å². The molecule has 7 heteroatoms. The van der Waals surface area contributed by atoms with Gasteiger partial charge in [-0.2, -0.15) is 0 Å². The first-order chi connectivity index (χ1) is 32.5. The number of fused-ring (bicyclic) bond motifs is 8. The Bertz CT molecular complexity index is 3770. The number of imidazole rings is 1. The normalized spacial score (nSPS) is 11.9. The van der Waals surface area contributed by atoms with Crippen LogP contribution in [0.25, 0.3) is 105 Å². The molecule has 68 heavy (non-hydrogen) atoms. The van der Waals surface area contributed by atoms with Crippen molar-refractivity contribution in [1.29, 1.82) is 0 Å². The second-order valence-electron chi connectivity index (χ2n) is 19.1. The number of para-hydroxylation sites is 1. The van der Waals surface area contributed by atoms with E-state index < -0.39 is 0 Å². The fraction of sp³-hybridized carbons (Fsp3) is 0.164. The molecular weight excluding hydrogens is 1010 g/mol. The van der Waals surface area contributed by atoms with Gasteiger partial charge in [-0.15, -0.1) is 54.1 Å². The van der Waals surface area contributed by atoms with Crippen molar-refractivity contribution in [3.8, 4) is 39.6 Å². The second kappa shape index (κ2) is 17.8. The van der Waals surface area contributed by atoms with Gasteiger partial charge in [-0.3, -0.25) is 15.0 Å². The summed E-state index contributed by atoms with van der Waals surface area (Å²) in [7, 11) is 0. The molecule has 337 valence electrons. The molecule has 0 N–H and O–H groups in total. The summed E-state index contributed by atoms with van der Waals surface area (Å²) < 4.78 is 15.5. The van der Waals surface area contributed by atoms with Crippen molar-refractivity contribution in [2.24, 2.45) is 0 Å². The van der Waals surface area contributed by atoms with E-state index in [0.717, 1.165) is 88.8 Å². The quantitative estimate of drug-likeness (QED) is 0.155. The molecule has 0 spiro atoms. The molecule has 0 saturated carbocycles. The predicted octanol–water partition coefficient (Wildman–Crippen LogP) is 16.6. The largest absolute Gasteiger partial charge is 0.501 e. The Morgan fingerprint density at radius 1 is 0.559 bits per heavy atom. The maximum Gasteiger partial charge on any atom is 0.136 e. The Hall–Kier alpha value is -7.18. The van der Waals surface area contributed by atoms with Crippen LogP contribution >= 0.6 is 0 Å². The van der Waals surface area contributed by atoms with Gasteiger partial charge in [0.1, 0.15) is 16.7 Å². The Kier molecular flexibility index (Phi) is 11.7. The third-order valence-electron chi connectivity index (χ3n) is 12.8. The molecule has 4 aromatic heterocycles. The van der Waals surface area contributed by atoms with E-state index in [-0.39, 0.29) is 37.4 Å². The molecule has 0 aliphatic heterocycles. The van der Waals surface area contributed by atoms with E-state index in [2.05, 4.69) is 178 Å². The van der Waals surface area contributed by atoms with Gasteiger partial charge in [-0.05, 0) is 93.4 Å². The van der Waals surface area contributed by atoms with Crippen LogP contribution < -0.4 is 0 Å². The average molecular weight is 1060 g/mol. The number of aromatic nitrogens is 4. The minimum atomic E-state index is 0. The number of hydrogen-bond acceptors (Lipinski definition) is 5. The fourth-order valence-corrected chi connectivity index (χ4v) is 9.34. The maximum absolute atomic E-state index is 6.83. The second-order valence-corrected chi connectivity index (χ2v) is 19.1. The van der Waals surface area contributed by atoms with Crippen LogP contribution in [0.1, 0.15) is 77.1 Å². The van der Waals surface area contributed by atoms with Crippen molar-refractivity contribution in [1.82, 2.24) is 19.5 Å². The van der Waals surface area contributed by atoms with E-state index in [1.54, 1.807) is 0 Å². The zero-order chi connectivity index (χ0) is 46.0. The molecule has 0 fully saturated rings. The first kappa shape index (κ1) is 44.6. The molecule has 12 aromatic rings. The van der Waals surface area contributed by atoms with Gasteiger partial charge >= 0.3 is 0 Å². The molecule has 0 aliphatic carbocycles. The first-order valence-electron chi connectivity index (χ1n) is 23.1. The molecule has 12 rings (SSSR count). The summed E-state index contributed by atoms with van der Waals surface area (Å²) in [5, 5.41) is 6.49. The Labute approximate surface area is 410 Å². The zero-order valence-corrected chi connectivity index (χ0v) is 41.6. The summed E-state index contributed by atoms with van der Waals surface area (Å²) in [6.45, 7) is 15.6. The SMILES string of the molecule is CC(C)(C)c1ccnc(-c2[c-]cccc2)n1.CC(C)c1cc(-c2ccccc2)cc(C(C)C)c1-n1c(-c2[c-]ccc3c2oc2cc4c(cc23)oc2ccccc24)nc2cc3ccccc3cc21.[Ir].